The summed E-state index contributed by atoms with van der Waals surface area (Å²) in [5, 5.41) is 9.21. The first-order valence-corrected chi connectivity index (χ1v) is 8.04. The lowest BCUT2D eigenvalue weighted by Gasteiger charge is -1.86. The second-order valence-electron chi connectivity index (χ2n) is 2.46. The molecule has 0 saturated heterocycles. The van der Waals surface area contributed by atoms with E-state index in [9.17, 15) is 0 Å². The van der Waals surface area contributed by atoms with Gasteiger partial charge in [-0.1, -0.05) is 29.6 Å². The molecule has 2 rings (SSSR count). The van der Waals surface area contributed by atoms with E-state index < -0.39 is 0 Å². The lowest BCUT2D eigenvalue weighted by Crippen LogP contribution is -1.75. The Morgan fingerprint density at radius 3 is 2.53 bits per heavy atom. The fraction of sp³-hybridized carbons (Fsp3) is 0.286. The fourth-order valence-corrected chi connectivity index (χ4v) is 5.13. The van der Waals surface area contributed by atoms with Crippen molar-refractivity contribution in [2.75, 3.05) is 0 Å². The summed E-state index contributed by atoms with van der Waals surface area (Å²) in [7, 11) is 0. The summed E-state index contributed by atoms with van der Waals surface area (Å²) in [4.78, 5) is 4.33. The molecule has 0 fully saturated rings. The number of hydrogen-bond donors (Lipinski definition) is 0. The summed E-state index contributed by atoms with van der Waals surface area (Å²) in [6, 6.07) is 0. The highest BCUT2D eigenvalue weighted by atomic mass is 79.9. The van der Waals surface area contributed by atoms with Gasteiger partial charge < -0.3 is 0 Å². The van der Waals surface area contributed by atoms with Crippen LogP contribution in [-0.4, -0.2) is 15.2 Å². The number of thiazole rings is 1. The zero-order valence-electron chi connectivity index (χ0n) is 7.53. The van der Waals surface area contributed by atoms with Gasteiger partial charge in [-0.25, -0.2) is 4.98 Å². The molecule has 0 aromatic carbocycles. The Morgan fingerprint density at radius 1 is 1.20 bits per heavy atom. The van der Waals surface area contributed by atoms with Gasteiger partial charge in [0.05, 0.1) is 0 Å². The average molecular weight is 387 g/mol. The SMILES string of the molecule is CCc1nnc(Sc2nc(Br)c(Br)s2)s1. The van der Waals surface area contributed by atoms with Crippen LogP contribution in [0.25, 0.3) is 0 Å². The van der Waals surface area contributed by atoms with Crippen molar-refractivity contribution in [2.24, 2.45) is 0 Å². The smallest absolute Gasteiger partial charge is 0.181 e. The molecule has 2 aromatic heterocycles. The quantitative estimate of drug-likeness (QED) is 0.790. The third kappa shape index (κ3) is 3.00. The highest BCUT2D eigenvalue weighted by Crippen LogP contribution is 2.38. The molecular formula is C7H5Br2N3S3. The van der Waals surface area contributed by atoms with Crippen LogP contribution in [0, 0.1) is 0 Å². The molecule has 0 spiro atoms. The summed E-state index contributed by atoms with van der Waals surface area (Å²) in [5.41, 5.74) is 0. The van der Waals surface area contributed by atoms with Crippen LogP contribution in [0.5, 0.6) is 0 Å². The summed E-state index contributed by atoms with van der Waals surface area (Å²) in [6.45, 7) is 2.07. The standard InChI is InChI=1S/C7H5Br2N3S3/c1-2-3-11-12-7(13-3)15-6-10-4(8)5(9)14-6/h2H2,1H3. The largest absolute Gasteiger partial charge is 0.221 e. The second-order valence-corrected chi connectivity index (χ2v) is 8.09. The van der Waals surface area contributed by atoms with Crippen molar-refractivity contribution in [3.05, 3.63) is 13.4 Å². The zero-order chi connectivity index (χ0) is 10.8. The Bertz CT molecular complexity index is 448. The molecule has 2 heterocycles. The normalized spacial score (nSPS) is 10.9. The van der Waals surface area contributed by atoms with Gasteiger partial charge in [0.25, 0.3) is 0 Å². The number of aryl methyl sites for hydroxylation is 1. The van der Waals surface area contributed by atoms with Crippen molar-refractivity contribution >= 4 is 66.3 Å². The summed E-state index contributed by atoms with van der Waals surface area (Å²) < 4.78 is 3.76. The van der Waals surface area contributed by atoms with Crippen molar-refractivity contribution in [1.82, 2.24) is 15.2 Å². The van der Waals surface area contributed by atoms with E-state index in [0.29, 0.717) is 0 Å². The van der Waals surface area contributed by atoms with Crippen molar-refractivity contribution in [3.8, 4) is 0 Å². The van der Waals surface area contributed by atoms with Gasteiger partial charge in [-0.05, 0) is 50.0 Å². The van der Waals surface area contributed by atoms with Gasteiger partial charge in [0.1, 0.15) is 13.4 Å². The van der Waals surface area contributed by atoms with Gasteiger partial charge in [-0.2, -0.15) is 0 Å². The Hall–Kier alpha value is 0.500. The van der Waals surface area contributed by atoms with E-state index in [2.05, 4.69) is 54.0 Å². The van der Waals surface area contributed by atoms with Crippen molar-refractivity contribution < 1.29 is 0 Å². The van der Waals surface area contributed by atoms with Gasteiger partial charge in [0, 0.05) is 0 Å². The van der Waals surface area contributed by atoms with E-state index in [1.54, 1.807) is 34.4 Å². The first-order chi connectivity index (χ1) is 7.19. The van der Waals surface area contributed by atoms with Crippen LogP contribution >= 0.6 is 66.3 Å². The van der Waals surface area contributed by atoms with Gasteiger partial charge >= 0.3 is 0 Å². The molecule has 15 heavy (non-hydrogen) atoms. The predicted octanol–water partition coefficient (Wildman–Crippen LogP) is 4.23. The summed E-state index contributed by atoms with van der Waals surface area (Å²) in [6.07, 6.45) is 0.934. The van der Waals surface area contributed by atoms with Gasteiger partial charge in [0.2, 0.25) is 0 Å². The lowest BCUT2D eigenvalue weighted by molar-refractivity contribution is 0.943. The van der Waals surface area contributed by atoms with E-state index in [4.69, 9.17) is 0 Å². The Kier molecular flexibility index (Phi) is 4.17. The first-order valence-electron chi connectivity index (χ1n) is 4.01. The molecule has 0 N–H and O–H groups in total. The van der Waals surface area contributed by atoms with E-state index >= 15 is 0 Å². The Labute approximate surface area is 116 Å². The molecule has 8 heteroatoms. The van der Waals surface area contributed by atoms with Gasteiger partial charge in [0.15, 0.2) is 8.68 Å². The van der Waals surface area contributed by atoms with Crippen molar-refractivity contribution in [2.45, 2.75) is 22.0 Å². The maximum atomic E-state index is 4.33. The molecule has 0 atom stereocenters. The molecule has 0 unspecified atom stereocenters. The van der Waals surface area contributed by atoms with Crippen LogP contribution in [0.4, 0.5) is 0 Å². The molecular weight excluding hydrogens is 382 g/mol. The molecule has 3 nitrogen and oxygen atoms in total. The topological polar surface area (TPSA) is 38.7 Å². The zero-order valence-corrected chi connectivity index (χ0v) is 13.2. The van der Waals surface area contributed by atoms with Crippen LogP contribution in [-0.2, 0) is 6.42 Å². The van der Waals surface area contributed by atoms with E-state index in [0.717, 1.165) is 28.5 Å². The monoisotopic (exact) mass is 385 g/mol. The molecule has 0 saturated carbocycles. The number of nitrogens with zero attached hydrogens (tertiary/aromatic N) is 3. The van der Waals surface area contributed by atoms with E-state index in [-0.39, 0.29) is 0 Å². The van der Waals surface area contributed by atoms with Crippen LogP contribution in [0.15, 0.2) is 17.1 Å². The summed E-state index contributed by atoms with van der Waals surface area (Å²) >= 11 is 11.5. The van der Waals surface area contributed by atoms with E-state index in [1.807, 2.05) is 0 Å². The molecule has 0 aliphatic rings. The third-order valence-electron chi connectivity index (χ3n) is 1.45. The first kappa shape index (κ1) is 12.0. The van der Waals surface area contributed by atoms with Crippen molar-refractivity contribution in [3.63, 3.8) is 0 Å². The molecule has 2 aromatic rings. The average Bonchev–Trinajstić information content (AvgIpc) is 2.76. The maximum Gasteiger partial charge on any atom is 0.181 e. The van der Waals surface area contributed by atoms with Crippen molar-refractivity contribution in [1.29, 1.82) is 0 Å². The number of rotatable bonds is 3. The maximum absolute atomic E-state index is 4.33. The van der Waals surface area contributed by atoms with Crippen LogP contribution in [0.1, 0.15) is 11.9 Å². The predicted molar refractivity (Wildman–Crippen MR) is 70.9 cm³/mol. The van der Waals surface area contributed by atoms with Gasteiger partial charge in [-0.3, -0.25) is 0 Å². The highest BCUT2D eigenvalue weighted by molar-refractivity contribution is 9.13. The highest BCUT2D eigenvalue weighted by Gasteiger charge is 2.10. The van der Waals surface area contributed by atoms with Gasteiger partial charge in [-0.15, -0.1) is 10.2 Å². The number of aromatic nitrogens is 3. The number of hydrogen-bond acceptors (Lipinski definition) is 6. The Balaban J connectivity index is 2.14. The Morgan fingerprint density at radius 2 is 2.00 bits per heavy atom. The third-order valence-corrected chi connectivity index (χ3v) is 6.71. The number of halogens is 2. The second kappa shape index (κ2) is 5.22. The van der Waals surface area contributed by atoms with Crippen LogP contribution < -0.4 is 0 Å². The van der Waals surface area contributed by atoms with Crippen LogP contribution in [0.3, 0.4) is 0 Å². The van der Waals surface area contributed by atoms with Crippen LogP contribution in [0.2, 0.25) is 0 Å². The molecule has 0 aliphatic heterocycles. The molecule has 0 aliphatic carbocycles. The molecule has 0 bridgehead atoms. The molecule has 0 amide bonds. The minimum absolute atomic E-state index is 0.843. The minimum atomic E-state index is 0.843. The minimum Gasteiger partial charge on any atom is -0.221 e. The lowest BCUT2D eigenvalue weighted by atomic mass is 10.5. The molecule has 80 valence electrons. The van der Waals surface area contributed by atoms with E-state index in [1.165, 1.54) is 0 Å². The summed E-state index contributed by atoms with van der Waals surface area (Å²) in [5.74, 6) is 0. The fourth-order valence-electron chi connectivity index (χ4n) is 0.806. The molecule has 0 radical (unpaired) electrons.